The number of carbonyl (C=O) groups excluding carboxylic acids is 1. The summed E-state index contributed by atoms with van der Waals surface area (Å²) in [4.78, 5) is 21.8. The topological polar surface area (TPSA) is 87.9 Å². The lowest BCUT2D eigenvalue weighted by Gasteiger charge is -2.34. The number of halogens is 2. The standard InChI is InChI=1S/C42H39ClN4O4.ClH/c1-30-23-36(24-31(2)42(30)51-40-17-16-39(26-45-40)50-29-34-7-3-32(25-44)4-8-34)11-18-41(48)47-21-19-46(20-22-47)27-33-5-9-35(10-6-33)28-49-38-14-12-37(43)13-15-38;/h3-18,23-24,26H,19-22,27-29H2,1-2H3;1H/b18-11+;. The molecule has 1 saturated heterocycles. The van der Waals surface area contributed by atoms with E-state index in [1.807, 2.05) is 79.4 Å². The Labute approximate surface area is 316 Å². The predicted octanol–water partition coefficient (Wildman–Crippen LogP) is 8.95. The van der Waals surface area contributed by atoms with E-state index >= 15 is 0 Å². The van der Waals surface area contributed by atoms with Crippen molar-refractivity contribution in [3.8, 4) is 29.2 Å². The highest BCUT2D eigenvalue weighted by atomic mass is 35.5. The Morgan fingerprint density at radius 3 is 1.98 bits per heavy atom. The third-order valence-electron chi connectivity index (χ3n) is 8.64. The minimum Gasteiger partial charge on any atom is -0.489 e. The molecule has 1 fully saturated rings. The number of aryl methyl sites for hydroxylation is 2. The Bertz CT molecular complexity index is 1980. The fourth-order valence-electron chi connectivity index (χ4n) is 5.80. The van der Waals surface area contributed by atoms with E-state index in [1.54, 1.807) is 30.5 Å². The molecule has 8 nitrogen and oxygen atoms in total. The van der Waals surface area contributed by atoms with Crippen molar-refractivity contribution in [3.63, 3.8) is 0 Å². The number of benzene rings is 4. The van der Waals surface area contributed by atoms with Gasteiger partial charge in [-0.3, -0.25) is 9.69 Å². The largest absolute Gasteiger partial charge is 0.489 e. The van der Waals surface area contributed by atoms with Crippen molar-refractivity contribution in [1.82, 2.24) is 14.8 Å². The molecule has 1 amide bonds. The Morgan fingerprint density at radius 1 is 0.808 bits per heavy atom. The Balaban J connectivity index is 0.00000523. The van der Waals surface area contributed by atoms with Gasteiger partial charge in [0.25, 0.3) is 0 Å². The van der Waals surface area contributed by atoms with E-state index in [4.69, 9.17) is 31.1 Å². The molecule has 0 atom stereocenters. The quantitative estimate of drug-likeness (QED) is 0.118. The van der Waals surface area contributed by atoms with Gasteiger partial charge in [-0.25, -0.2) is 4.98 Å². The number of nitriles is 1. The lowest BCUT2D eigenvalue weighted by Crippen LogP contribution is -2.47. The fourth-order valence-corrected chi connectivity index (χ4v) is 5.92. The van der Waals surface area contributed by atoms with Crippen molar-refractivity contribution < 1.29 is 19.0 Å². The number of carbonyl (C=O) groups is 1. The van der Waals surface area contributed by atoms with E-state index in [0.717, 1.165) is 59.0 Å². The average molecular weight is 736 g/mol. The van der Waals surface area contributed by atoms with Crippen LogP contribution in [0.2, 0.25) is 5.02 Å². The molecule has 1 aromatic heterocycles. The molecule has 0 spiro atoms. The zero-order chi connectivity index (χ0) is 35.6. The second-order valence-corrected chi connectivity index (χ2v) is 12.9. The molecular weight excluding hydrogens is 695 g/mol. The van der Waals surface area contributed by atoms with E-state index in [9.17, 15) is 4.79 Å². The number of ether oxygens (including phenoxy) is 3. The molecule has 0 bridgehead atoms. The van der Waals surface area contributed by atoms with E-state index in [-0.39, 0.29) is 18.3 Å². The van der Waals surface area contributed by atoms with E-state index in [2.05, 4.69) is 40.2 Å². The molecule has 0 saturated carbocycles. The molecular formula is C42H40Cl2N4O4. The first-order valence-electron chi connectivity index (χ1n) is 16.8. The Morgan fingerprint density at radius 2 is 1.38 bits per heavy atom. The van der Waals surface area contributed by atoms with Gasteiger partial charge in [0.2, 0.25) is 11.8 Å². The number of hydrogen-bond donors (Lipinski definition) is 0. The van der Waals surface area contributed by atoms with Crippen molar-refractivity contribution in [1.29, 1.82) is 5.26 Å². The number of aromatic nitrogens is 1. The summed E-state index contributed by atoms with van der Waals surface area (Å²) < 4.78 is 17.8. The molecule has 1 aliphatic rings. The van der Waals surface area contributed by atoms with Crippen LogP contribution >= 0.6 is 24.0 Å². The van der Waals surface area contributed by atoms with Gasteiger partial charge in [0.1, 0.15) is 30.5 Å². The van der Waals surface area contributed by atoms with E-state index in [1.165, 1.54) is 5.56 Å². The fraction of sp³-hybridized carbons (Fsp3) is 0.214. The monoisotopic (exact) mass is 734 g/mol. The van der Waals surface area contributed by atoms with E-state index in [0.29, 0.717) is 48.5 Å². The maximum Gasteiger partial charge on any atom is 0.246 e. The van der Waals surface area contributed by atoms with Crippen LogP contribution in [0.3, 0.4) is 0 Å². The molecule has 52 heavy (non-hydrogen) atoms. The predicted molar refractivity (Wildman–Crippen MR) is 206 cm³/mol. The summed E-state index contributed by atoms with van der Waals surface area (Å²) in [6.07, 6.45) is 5.16. The van der Waals surface area contributed by atoms with Crippen LogP contribution in [-0.2, 0) is 24.6 Å². The van der Waals surface area contributed by atoms with Crippen molar-refractivity contribution in [2.75, 3.05) is 26.2 Å². The maximum absolute atomic E-state index is 13.1. The molecule has 2 heterocycles. The number of nitrogens with zero attached hydrogens (tertiary/aromatic N) is 4. The maximum atomic E-state index is 13.1. The minimum atomic E-state index is 0. The van der Waals surface area contributed by atoms with Crippen LogP contribution in [0.1, 0.15) is 38.9 Å². The van der Waals surface area contributed by atoms with Crippen LogP contribution in [0.25, 0.3) is 6.08 Å². The number of piperazine rings is 1. The molecule has 0 aliphatic carbocycles. The molecule has 10 heteroatoms. The summed E-state index contributed by atoms with van der Waals surface area (Å²) >= 11 is 5.95. The lowest BCUT2D eigenvalue weighted by atomic mass is 10.1. The van der Waals surface area contributed by atoms with Gasteiger partial charge in [-0.15, -0.1) is 12.4 Å². The molecule has 5 aromatic rings. The molecule has 0 radical (unpaired) electrons. The second kappa shape index (κ2) is 18.2. The third-order valence-corrected chi connectivity index (χ3v) is 8.89. The highest BCUT2D eigenvalue weighted by Crippen LogP contribution is 2.30. The van der Waals surface area contributed by atoms with Gasteiger partial charge in [-0.1, -0.05) is 48.0 Å². The Hall–Kier alpha value is -5.33. The molecule has 0 unspecified atom stereocenters. The summed E-state index contributed by atoms with van der Waals surface area (Å²) in [5.41, 5.74) is 6.75. The average Bonchev–Trinajstić information content (AvgIpc) is 3.16. The first-order valence-corrected chi connectivity index (χ1v) is 17.2. The first kappa shape index (κ1) is 37.9. The van der Waals surface area contributed by atoms with Crippen LogP contribution in [0, 0.1) is 25.2 Å². The number of rotatable bonds is 12. The zero-order valence-corrected chi connectivity index (χ0v) is 30.7. The summed E-state index contributed by atoms with van der Waals surface area (Å²) in [6.45, 7) is 8.71. The van der Waals surface area contributed by atoms with Gasteiger partial charge in [0.05, 0.1) is 17.8 Å². The lowest BCUT2D eigenvalue weighted by molar-refractivity contribution is -0.127. The SMILES string of the molecule is Cc1cc(/C=C/C(=O)N2CCN(Cc3ccc(COc4ccc(Cl)cc4)cc3)CC2)cc(C)c1Oc1ccc(OCc2ccc(C#N)cc2)cn1.Cl. The Kier molecular flexibility index (Phi) is 13.3. The molecule has 1 aliphatic heterocycles. The highest BCUT2D eigenvalue weighted by Gasteiger charge is 2.20. The van der Waals surface area contributed by atoms with Gasteiger partial charge in [-0.2, -0.15) is 5.26 Å². The zero-order valence-electron chi connectivity index (χ0n) is 29.1. The van der Waals surface area contributed by atoms with Crippen LogP contribution in [0.5, 0.6) is 23.1 Å². The number of amides is 1. The normalized spacial score (nSPS) is 12.9. The summed E-state index contributed by atoms with van der Waals surface area (Å²) in [5, 5.41) is 9.65. The van der Waals surface area contributed by atoms with Gasteiger partial charge < -0.3 is 19.1 Å². The van der Waals surface area contributed by atoms with Gasteiger partial charge in [-0.05, 0) is 108 Å². The smallest absolute Gasteiger partial charge is 0.246 e. The second-order valence-electron chi connectivity index (χ2n) is 12.5. The van der Waals surface area contributed by atoms with E-state index < -0.39 is 0 Å². The molecule has 6 rings (SSSR count). The van der Waals surface area contributed by atoms with Crippen LogP contribution < -0.4 is 14.2 Å². The van der Waals surface area contributed by atoms with Crippen LogP contribution in [0.4, 0.5) is 0 Å². The number of hydrogen-bond acceptors (Lipinski definition) is 7. The van der Waals surface area contributed by atoms with Crippen LogP contribution in [-0.4, -0.2) is 46.9 Å². The van der Waals surface area contributed by atoms with Crippen molar-refractivity contribution in [3.05, 3.63) is 153 Å². The van der Waals surface area contributed by atoms with Gasteiger partial charge >= 0.3 is 0 Å². The molecule has 4 aromatic carbocycles. The summed E-state index contributed by atoms with van der Waals surface area (Å²) in [5.74, 6) is 2.62. The first-order chi connectivity index (χ1) is 24.8. The number of pyridine rings is 1. The van der Waals surface area contributed by atoms with Crippen LogP contribution in [0.15, 0.2) is 109 Å². The highest BCUT2D eigenvalue weighted by molar-refractivity contribution is 6.30. The van der Waals surface area contributed by atoms with Gasteiger partial charge in [0.15, 0.2) is 0 Å². The van der Waals surface area contributed by atoms with Crippen molar-refractivity contribution in [2.24, 2.45) is 0 Å². The molecule has 0 N–H and O–H groups in total. The van der Waals surface area contributed by atoms with Gasteiger partial charge in [0, 0.05) is 49.9 Å². The summed E-state index contributed by atoms with van der Waals surface area (Å²) in [7, 11) is 0. The molecule has 266 valence electrons. The van der Waals surface area contributed by atoms with Crippen molar-refractivity contribution >= 4 is 36.0 Å². The summed E-state index contributed by atoms with van der Waals surface area (Å²) in [6, 6.07) is 32.9. The van der Waals surface area contributed by atoms with Crippen molar-refractivity contribution in [2.45, 2.75) is 33.6 Å². The minimum absolute atomic E-state index is 0. The third kappa shape index (κ3) is 10.6.